The van der Waals surface area contributed by atoms with Crippen LogP contribution in [0.25, 0.3) is 0 Å². The van der Waals surface area contributed by atoms with E-state index in [0.29, 0.717) is 28.0 Å². The molecule has 0 radical (unpaired) electrons. The van der Waals surface area contributed by atoms with E-state index >= 15 is 0 Å². The number of Topliss-reactive ketones (excluding diaryl/α,β-unsaturated/α-hetero) is 1. The molecule has 2 aromatic heterocycles. The van der Waals surface area contributed by atoms with Crippen LogP contribution >= 0.6 is 23.2 Å². The molecular weight excluding hydrogens is 349 g/mol. The number of rotatable bonds is 5. The number of benzene rings is 1. The van der Waals surface area contributed by atoms with Gasteiger partial charge in [-0.15, -0.1) is 5.10 Å². The number of carbonyl (C=O) groups excluding carboxylic acids is 1. The number of nitrogens with zero attached hydrogens (tertiary/aromatic N) is 5. The molecule has 1 aromatic carbocycles. The monoisotopic (exact) mass is 363 g/mol. The van der Waals surface area contributed by atoms with Gasteiger partial charge in [-0.1, -0.05) is 34.5 Å². The van der Waals surface area contributed by atoms with Gasteiger partial charge in [0.2, 0.25) is 0 Å². The molecule has 0 aliphatic carbocycles. The van der Waals surface area contributed by atoms with Crippen LogP contribution in [0.5, 0.6) is 0 Å². The Morgan fingerprint density at radius 3 is 2.71 bits per heavy atom. The lowest BCUT2D eigenvalue weighted by molar-refractivity contribution is 0.101. The highest BCUT2D eigenvalue weighted by molar-refractivity contribution is 6.35. The summed E-state index contributed by atoms with van der Waals surface area (Å²) in [6.45, 7) is 3.84. The number of aromatic nitrogens is 5. The van der Waals surface area contributed by atoms with Crippen LogP contribution in [0.15, 0.2) is 36.9 Å². The lowest BCUT2D eigenvalue weighted by atomic mass is 10.1. The SMILES string of the molecule is CC(=O)c1nnn(C(Cn2ccnc2)c2ccc(Cl)cc2Cl)c1C. The number of ketones is 1. The molecule has 0 saturated carbocycles. The van der Waals surface area contributed by atoms with E-state index in [0.717, 1.165) is 5.56 Å². The maximum Gasteiger partial charge on any atom is 0.181 e. The minimum absolute atomic E-state index is 0.123. The fourth-order valence-electron chi connectivity index (χ4n) is 2.64. The van der Waals surface area contributed by atoms with E-state index < -0.39 is 0 Å². The Kier molecular flexibility index (Phi) is 4.69. The zero-order valence-corrected chi connectivity index (χ0v) is 14.7. The summed E-state index contributed by atoms with van der Waals surface area (Å²) >= 11 is 12.4. The van der Waals surface area contributed by atoms with Crippen LogP contribution in [0.2, 0.25) is 10.0 Å². The normalized spacial score (nSPS) is 12.3. The van der Waals surface area contributed by atoms with Gasteiger partial charge in [0.25, 0.3) is 0 Å². The lowest BCUT2D eigenvalue weighted by Gasteiger charge is -2.21. The Hall–Kier alpha value is -2.18. The average Bonchev–Trinajstić information content (AvgIpc) is 3.15. The van der Waals surface area contributed by atoms with Crippen molar-refractivity contribution in [1.29, 1.82) is 0 Å². The molecule has 6 nitrogen and oxygen atoms in total. The van der Waals surface area contributed by atoms with Gasteiger partial charge in [0.1, 0.15) is 0 Å². The van der Waals surface area contributed by atoms with Gasteiger partial charge >= 0.3 is 0 Å². The summed E-state index contributed by atoms with van der Waals surface area (Å²) in [4.78, 5) is 15.8. The molecule has 8 heteroatoms. The minimum atomic E-state index is -0.246. The molecule has 24 heavy (non-hydrogen) atoms. The summed E-state index contributed by atoms with van der Waals surface area (Å²) in [5, 5.41) is 9.28. The predicted octanol–water partition coefficient (Wildman–Crippen LogP) is 3.58. The van der Waals surface area contributed by atoms with E-state index in [9.17, 15) is 4.79 Å². The molecule has 3 rings (SSSR count). The first kappa shape index (κ1) is 16.7. The van der Waals surface area contributed by atoms with Crippen LogP contribution in [0, 0.1) is 6.92 Å². The molecule has 0 aliphatic rings. The summed E-state index contributed by atoms with van der Waals surface area (Å²) in [6.07, 6.45) is 5.28. The van der Waals surface area contributed by atoms with Gasteiger partial charge in [-0.05, 0) is 24.6 Å². The van der Waals surface area contributed by atoms with Crippen molar-refractivity contribution in [2.24, 2.45) is 0 Å². The zero-order chi connectivity index (χ0) is 17.3. The first-order valence-electron chi connectivity index (χ1n) is 7.30. The van der Waals surface area contributed by atoms with Gasteiger partial charge in [0.05, 0.1) is 24.6 Å². The second-order valence-electron chi connectivity index (χ2n) is 5.47. The van der Waals surface area contributed by atoms with E-state index in [1.54, 1.807) is 29.3 Å². The molecule has 1 atom stereocenters. The van der Waals surface area contributed by atoms with Gasteiger partial charge in [0.15, 0.2) is 11.5 Å². The second-order valence-corrected chi connectivity index (χ2v) is 6.31. The third-order valence-corrected chi connectivity index (χ3v) is 4.38. The molecule has 1 unspecified atom stereocenters. The molecular formula is C16H15Cl2N5O. The molecule has 0 aliphatic heterocycles. The predicted molar refractivity (Wildman–Crippen MR) is 91.6 cm³/mol. The summed E-state index contributed by atoms with van der Waals surface area (Å²) in [6, 6.07) is 5.09. The number of carbonyl (C=O) groups is 1. The average molecular weight is 364 g/mol. The first-order chi connectivity index (χ1) is 11.5. The number of halogens is 2. The fourth-order valence-corrected chi connectivity index (χ4v) is 3.17. The molecule has 0 fully saturated rings. The lowest BCUT2D eigenvalue weighted by Crippen LogP contribution is -2.20. The molecule has 0 spiro atoms. The largest absolute Gasteiger partial charge is 0.335 e. The second kappa shape index (κ2) is 6.75. The topological polar surface area (TPSA) is 65.6 Å². The van der Waals surface area contributed by atoms with Crippen LogP contribution in [-0.2, 0) is 6.54 Å². The van der Waals surface area contributed by atoms with Crippen molar-refractivity contribution in [2.45, 2.75) is 26.4 Å². The Labute approximate surface area is 149 Å². The maximum atomic E-state index is 11.7. The molecule has 0 saturated heterocycles. The molecule has 124 valence electrons. The van der Waals surface area contributed by atoms with Gasteiger partial charge in [-0.3, -0.25) is 4.79 Å². The quantitative estimate of drug-likeness (QED) is 0.649. The van der Waals surface area contributed by atoms with E-state index in [1.807, 2.05) is 23.8 Å². The number of hydrogen-bond acceptors (Lipinski definition) is 4. The van der Waals surface area contributed by atoms with Crippen molar-refractivity contribution in [1.82, 2.24) is 24.5 Å². The van der Waals surface area contributed by atoms with Crippen molar-refractivity contribution in [3.05, 3.63) is 63.9 Å². The maximum absolute atomic E-state index is 11.7. The van der Waals surface area contributed by atoms with Crippen molar-refractivity contribution in [2.75, 3.05) is 0 Å². The molecule has 0 N–H and O–H groups in total. The van der Waals surface area contributed by atoms with Gasteiger partial charge in [-0.2, -0.15) is 0 Å². The van der Waals surface area contributed by atoms with E-state index in [2.05, 4.69) is 15.3 Å². The Bertz CT molecular complexity index is 873. The van der Waals surface area contributed by atoms with E-state index in [-0.39, 0.29) is 11.8 Å². The van der Waals surface area contributed by atoms with Gasteiger partial charge in [-0.25, -0.2) is 9.67 Å². The van der Waals surface area contributed by atoms with Crippen LogP contribution in [0.4, 0.5) is 0 Å². The van der Waals surface area contributed by atoms with Crippen LogP contribution in [0.3, 0.4) is 0 Å². The van der Waals surface area contributed by atoms with Crippen LogP contribution in [-0.4, -0.2) is 30.3 Å². The third-order valence-electron chi connectivity index (χ3n) is 3.82. The molecule has 0 amide bonds. The molecule has 2 heterocycles. The molecule has 0 bridgehead atoms. The van der Waals surface area contributed by atoms with Gasteiger partial charge in [0, 0.05) is 29.4 Å². The highest BCUT2D eigenvalue weighted by Gasteiger charge is 2.23. The Morgan fingerprint density at radius 2 is 2.12 bits per heavy atom. The summed E-state index contributed by atoms with van der Waals surface area (Å²) < 4.78 is 3.63. The Morgan fingerprint density at radius 1 is 1.33 bits per heavy atom. The minimum Gasteiger partial charge on any atom is -0.335 e. The van der Waals surface area contributed by atoms with Crippen LogP contribution in [0.1, 0.15) is 34.7 Å². The first-order valence-corrected chi connectivity index (χ1v) is 8.06. The summed E-state index contributed by atoms with van der Waals surface area (Å²) in [5.41, 5.74) is 1.90. The van der Waals surface area contributed by atoms with Crippen molar-refractivity contribution >= 4 is 29.0 Å². The van der Waals surface area contributed by atoms with Crippen molar-refractivity contribution in [3.63, 3.8) is 0 Å². The third kappa shape index (κ3) is 3.20. The summed E-state index contributed by atoms with van der Waals surface area (Å²) in [5.74, 6) is -0.123. The number of hydrogen-bond donors (Lipinski definition) is 0. The highest BCUT2D eigenvalue weighted by atomic mass is 35.5. The van der Waals surface area contributed by atoms with E-state index in [1.165, 1.54) is 6.92 Å². The smallest absolute Gasteiger partial charge is 0.181 e. The van der Waals surface area contributed by atoms with E-state index in [4.69, 9.17) is 23.2 Å². The highest BCUT2D eigenvalue weighted by Crippen LogP contribution is 2.30. The van der Waals surface area contributed by atoms with Crippen LogP contribution < -0.4 is 0 Å². The fraction of sp³-hybridized carbons (Fsp3) is 0.250. The standard InChI is InChI=1S/C16H15Cl2N5O/c1-10-16(11(2)24)20-21-23(10)15(8-22-6-5-19-9-22)13-4-3-12(17)7-14(13)18/h3-7,9,15H,8H2,1-2H3. The number of imidazole rings is 1. The summed E-state index contributed by atoms with van der Waals surface area (Å²) in [7, 11) is 0. The van der Waals surface area contributed by atoms with Crippen molar-refractivity contribution in [3.8, 4) is 0 Å². The Balaban J connectivity index is 2.10. The molecule has 3 aromatic rings. The van der Waals surface area contributed by atoms with Gasteiger partial charge < -0.3 is 4.57 Å². The van der Waals surface area contributed by atoms with Crippen molar-refractivity contribution < 1.29 is 4.79 Å². The zero-order valence-electron chi connectivity index (χ0n) is 13.1.